The van der Waals surface area contributed by atoms with Gasteiger partial charge >= 0.3 is 0 Å². The van der Waals surface area contributed by atoms with Crippen LogP contribution in [0.1, 0.15) is 25.0 Å². The van der Waals surface area contributed by atoms with E-state index < -0.39 is 0 Å². The Kier molecular flexibility index (Phi) is 4.93. The predicted molar refractivity (Wildman–Crippen MR) is 71.1 cm³/mol. The number of rotatable bonds is 4. The first kappa shape index (κ1) is 13.2. The van der Waals surface area contributed by atoms with Gasteiger partial charge in [0.15, 0.2) is 0 Å². The summed E-state index contributed by atoms with van der Waals surface area (Å²) in [6.07, 6.45) is 0. The third-order valence-corrected chi connectivity index (χ3v) is 2.91. The van der Waals surface area contributed by atoms with Crippen LogP contribution in [0.4, 0.5) is 5.69 Å². The lowest BCUT2D eigenvalue weighted by Crippen LogP contribution is -2.14. The van der Waals surface area contributed by atoms with Crippen molar-refractivity contribution in [3.05, 3.63) is 27.7 Å². The SMILES string of the molecule is CCN(CC)/N=N/c1c(C)cc(Br)cc1C. The molecular weight excluding hydrogens is 266 g/mol. The molecule has 0 saturated carbocycles. The van der Waals surface area contributed by atoms with E-state index in [4.69, 9.17) is 0 Å². The van der Waals surface area contributed by atoms with Crippen LogP contribution in [0, 0.1) is 13.8 Å². The Morgan fingerprint density at radius 1 is 1.12 bits per heavy atom. The van der Waals surface area contributed by atoms with Crippen LogP contribution in [0.5, 0.6) is 0 Å². The molecule has 0 aliphatic heterocycles. The summed E-state index contributed by atoms with van der Waals surface area (Å²) in [5.74, 6) is 0. The Morgan fingerprint density at radius 3 is 2.06 bits per heavy atom. The van der Waals surface area contributed by atoms with Gasteiger partial charge in [-0.3, -0.25) is 5.01 Å². The van der Waals surface area contributed by atoms with Gasteiger partial charge in [0.25, 0.3) is 0 Å². The number of aryl methyl sites for hydroxylation is 2. The molecule has 0 aliphatic carbocycles. The van der Waals surface area contributed by atoms with E-state index in [0.29, 0.717) is 0 Å². The van der Waals surface area contributed by atoms with Gasteiger partial charge < -0.3 is 0 Å². The molecule has 0 bridgehead atoms. The van der Waals surface area contributed by atoms with Gasteiger partial charge in [-0.1, -0.05) is 21.2 Å². The molecule has 1 aromatic rings. The van der Waals surface area contributed by atoms with E-state index in [1.165, 1.54) is 0 Å². The first-order valence-electron chi connectivity index (χ1n) is 5.51. The average molecular weight is 284 g/mol. The molecular formula is C12H18BrN3. The van der Waals surface area contributed by atoms with Gasteiger partial charge in [-0.2, -0.15) is 0 Å². The van der Waals surface area contributed by atoms with Crippen molar-refractivity contribution in [2.75, 3.05) is 13.1 Å². The van der Waals surface area contributed by atoms with E-state index in [2.05, 4.69) is 52.2 Å². The summed E-state index contributed by atoms with van der Waals surface area (Å²) in [5, 5.41) is 10.5. The minimum Gasteiger partial charge on any atom is -0.279 e. The minimum atomic E-state index is 0.884. The second kappa shape index (κ2) is 5.99. The normalized spacial score (nSPS) is 11.1. The number of nitrogens with zero attached hydrogens (tertiary/aromatic N) is 3. The van der Waals surface area contributed by atoms with E-state index in [-0.39, 0.29) is 0 Å². The predicted octanol–water partition coefficient (Wildman–Crippen LogP) is 4.41. The van der Waals surface area contributed by atoms with Crippen molar-refractivity contribution in [1.82, 2.24) is 5.01 Å². The molecule has 0 fully saturated rings. The number of hydrogen-bond donors (Lipinski definition) is 0. The van der Waals surface area contributed by atoms with Gasteiger partial charge in [0.05, 0.1) is 5.69 Å². The lowest BCUT2D eigenvalue weighted by atomic mass is 10.1. The summed E-state index contributed by atoms with van der Waals surface area (Å²) in [4.78, 5) is 0. The Morgan fingerprint density at radius 2 is 1.62 bits per heavy atom. The first-order chi connectivity index (χ1) is 7.58. The Labute approximate surface area is 106 Å². The summed E-state index contributed by atoms with van der Waals surface area (Å²) >= 11 is 3.47. The first-order valence-corrected chi connectivity index (χ1v) is 6.31. The van der Waals surface area contributed by atoms with Crippen molar-refractivity contribution >= 4 is 21.6 Å². The van der Waals surface area contributed by atoms with Crippen molar-refractivity contribution in [3.63, 3.8) is 0 Å². The van der Waals surface area contributed by atoms with Gasteiger partial charge in [0, 0.05) is 17.6 Å². The van der Waals surface area contributed by atoms with Crippen molar-refractivity contribution < 1.29 is 0 Å². The highest BCUT2D eigenvalue weighted by Gasteiger charge is 2.03. The molecule has 0 saturated heterocycles. The second-order valence-electron chi connectivity index (χ2n) is 3.72. The molecule has 0 amide bonds. The molecule has 0 radical (unpaired) electrons. The fourth-order valence-corrected chi connectivity index (χ4v) is 2.21. The molecule has 16 heavy (non-hydrogen) atoms. The summed E-state index contributed by atoms with van der Waals surface area (Å²) < 4.78 is 1.09. The van der Waals surface area contributed by atoms with Crippen LogP contribution in [0.3, 0.4) is 0 Å². The lowest BCUT2D eigenvalue weighted by molar-refractivity contribution is 0.300. The molecule has 0 spiro atoms. The Balaban J connectivity index is 2.97. The van der Waals surface area contributed by atoms with Crippen LogP contribution in [-0.2, 0) is 0 Å². The van der Waals surface area contributed by atoms with Crippen molar-refractivity contribution in [1.29, 1.82) is 0 Å². The third-order valence-electron chi connectivity index (χ3n) is 2.46. The number of hydrogen-bond acceptors (Lipinski definition) is 2. The zero-order valence-corrected chi connectivity index (χ0v) is 11.9. The van der Waals surface area contributed by atoms with Crippen molar-refractivity contribution in [2.24, 2.45) is 10.3 Å². The molecule has 0 atom stereocenters. The summed E-state index contributed by atoms with van der Waals surface area (Å²) in [6, 6.07) is 4.12. The zero-order chi connectivity index (χ0) is 12.1. The highest BCUT2D eigenvalue weighted by atomic mass is 79.9. The number of halogens is 1. The van der Waals surface area contributed by atoms with Gasteiger partial charge in [-0.25, -0.2) is 0 Å². The molecule has 0 aliphatic rings. The van der Waals surface area contributed by atoms with Gasteiger partial charge in [-0.15, -0.1) is 5.11 Å². The molecule has 0 heterocycles. The molecule has 0 N–H and O–H groups in total. The number of benzene rings is 1. The molecule has 0 unspecified atom stereocenters. The van der Waals surface area contributed by atoms with Gasteiger partial charge in [0.1, 0.15) is 0 Å². The fourth-order valence-electron chi connectivity index (χ4n) is 1.52. The average Bonchev–Trinajstić information content (AvgIpc) is 2.22. The summed E-state index contributed by atoms with van der Waals surface area (Å²) in [7, 11) is 0. The summed E-state index contributed by atoms with van der Waals surface area (Å²) in [6.45, 7) is 10.0. The molecule has 1 rings (SSSR count). The van der Waals surface area contributed by atoms with Crippen LogP contribution in [-0.4, -0.2) is 18.1 Å². The quantitative estimate of drug-likeness (QED) is 0.594. The topological polar surface area (TPSA) is 28.0 Å². The molecule has 88 valence electrons. The highest BCUT2D eigenvalue weighted by molar-refractivity contribution is 9.10. The lowest BCUT2D eigenvalue weighted by Gasteiger charge is -2.12. The van der Waals surface area contributed by atoms with Crippen LogP contribution in [0.25, 0.3) is 0 Å². The monoisotopic (exact) mass is 283 g/mol. The molecule has 1 aromatic carbocycles. The van der Waals surface area contributed by atoms with E-state index >= 15 is 0 Å². The second-order valence-corrected chi connectivity index (χ2v) is 4.63. The van der Waals surface area contributed by atoms with Crippen LogP contribution in [0.15, 0.2) is 26.9 Å². The Hall–Kier alpha value is -0.900. The maximum Gasteiger partial charge on any atom is 0.0933 e. The fraction of sp³-hybridized carbons (Fsp3) is 0.500. The van der Waals surface area contributed by atoms with Crippen LogP contribution >= 0.6 is 15.9 Å². The summed E-state index contributed by atoms with van der Waals surface area (Å²) in [5.41, 5.74) is 3.25. The maximum absolute atomic E-state index is 4.32. The zero-order valence-electron chi connectivity index (χ0n) is 10.3. The van der Waals surface area contributed by atoms with Crippen LogP contribution < -0.4 is 0 Å². The smallest absolute Gasteiger partial charge is 0.0933 e. The highest BCUT2D eigenvalue weighted by Crippen LogP contribution is 2.27. The molecule has 3 nitrogen and oxygen atoms in total. The van der Waals surface area contributed by atoms with Gasteiger partial charge in [0.2, 0.25) is 0 Å². The minimum absolute atomic E-state index is 0.884. The van der Waals surface area contributed by atoms with E-state index in [9.17, 15) is 0 Å². The Bertz CT molecular complexity index is 361. The van der Waals surface area contributed by atoms with Crippen molar-refractivity contribution in [3.8, 4) is 0 Å². The largest absolute Gasteiger partial charge is 0.279 e. The van der Waals surface area contributed by atoms with Crippen LogP contribution in [0.2, 0.25) is 0 Å². The van der Waals surface area contributed by atoms with E-state index in [1.54, 1.807) is 0 Å². The van der Waals surface area contributed by atoms with Crippen molar-refractivity contribution in [2.45, 2.75) is 27.7 Å². The molecule has 0 aromatic heterocycles. The van der Waals surface area contributed by atoms with E-state index in [1.807, 2.05) is 18.9 Å². The molecule has 4 heteroatoms. The third kappa shape index (κ3) is 3.30. The standard InChI is InChI=1S/C12H18BrN3/c1-5-16(6-2)15-14-12-9(3)7-11(13)8-10(12)4/h7-8H,5-6H2,1-4H3/b15-14+. The maximum atomic E-state index is 4.32. The van der Waals surface area contributed by atoms with Gasteiger partial charge in [-0.05, 0) is 51.0 Å². The van der Waals surface area contributed by atoms with E-state index in [0.717, 1.165) is 34.4 Å².